The van der Waals surface area contributed by atoms with Crippen LogP contribution in [0.4, 0.5) is 10.1 Å². The van der Waals surface area contributed by atoms with Gasteiger partial charge in [0.2, 0.25) is 0 Å². The third kappa shape index (κ3) is 2.51. The van der Waals surface area contributed by atoms with Crippen LogP contribution in [-0.2, 0) is 14.3 Å². The molecule has 19 heavy (non-hydrogen) atoms. The zero-order valence-electron chi connectivity index (χ0n) is 10.4. The fourth-order valence-electron chi connectivity index (χ4n) is 2.09. The van der Waals surface area contributed by atoms with Crippen molar-refractivity contribution in [3.05, 3.63) is 29.6 Å². The SMILES string of the molecule is COC(=O)C1COCCN1c1cccc(F)c1C#N. The average Bonchev–Trinajstić information content (AvgIpc) is 2.46. The Morgan fingerprint density at radius 1 is 1.63 bits per heavy atom. The summed E-state index contributed by atoms with van der Waals surface area (Å²) >= 11 is 0. The molecule has 1 aliphatic heterocycles. The second-order valence-electron chi connectivity index (χ2n) is 4.05. The Labute approximate surface area is 110 Å². The number of anilines is 1. The molecule has 2 rings (SSSR count). The van der Waals surface area contributed by atoms with Gasteiger partial charge in [0, 0.05) is 6.54 Å². The summed E-state index contributed by atoms with van der Waals surface area (Å²) in [5.41, 5.74) is 0.319. The summed E-state index contributed by atoms with van der Waals surface area (Å²) in [5, 5.41) is 9.05. The Kier molecular flexibility index (Phi) is 3.97. The zero-order valence-corrected chi connectivity index (χ0v) is 10.4. The molecule has 1 unspecified atom stereocenters. The van der Waals surface area contributed by atoms with Gasteiger partial charge in [-0.2, -0.15) is 5.26 Å². The highest BCUT2D eigenvalue weighted by molar-refractivity contribution is 5.81. The Morgan fingerprint density at radius 3 is 3.11 bits per heavy atom. The second kappa shape index (κ2) is 5.67. The van der Waals surface area contributed by atoms with Crippen LogP contribution in [-0.4, -0.2) is 38.9 Å². The molecule has 1 aliphatic rings. The van der Waals surface area contributed by atoms with Crippen LogP contribution in [0.1, 0.15) is 5.56 Å². The van der Waals surface area contributed by atoms with Crippen molar-refractivity contribution in [2.75, 3.05) is 31.8 Å². The molecule has 1 aromatic carbocycles. The van der Waals surface area contributed by atoms with Gasteiger partial charge in [0.25, 0.3) is 0 Å². The van der Waals surface area contributed by atoms with E-state index in [-0.39, 0.29) is 12.2 Å². The third-order valence-electron chi connectivity index (χ3n) is 3.01. The van der Waals surface area contributed by atoms with E-state index in [4.69, 9.17) is 14.7 Å². The number of carbonyl (C=O) groups excluding carboxylic acids is 1. The van der Waals surface area contributed by atoms with E-state index in [1.807, 2.05) is 6.07 Å². The van der Waals surface area contributed by atoms with Crippen molar-refractivity contribution in [1.82, 2.24) is 0 Å². The summed E-state index contributed by atoms with van der Waals surface area (Å²) in [7, 11) is 1.28. The lowest BCUT2D eigenvalue weighted by Gasteiger charge is -2.35. The molecular formula is C13H13FN2O3. The lowest BCUT2D eigenvalue weighted by molar-refractivity contribution is -0.144. The van der Waals surface area contributed by atoms with Crippen LogP contribution in [0.2, 0.25) is 0 Å². The number of esters is 1. The largest absolute Gasteiger partial charge is 0.467 e. The molecule has 0 radical (unpaired) electrons. The van der Waals surface area contributed by atoms with E-state index in [0.29, 0.717) is 18.8 Å². The van der Waals surface area contributed by atoms with Crippen LogP contribution < -0.4 is 4.90 Å². The van der Waals surface area contributed by atoms with Crippen molar-refractivity contribution in [3.8, 4) is 6.07 Å². The molecule has 1 saturated heterocycles. The zero-order chi connectivity index (χ0) is 13.8. The van der Waals surface area contributed by atoms with Crippen molar-refractivity contribution in [2.24, 2.45) is 0 Å². The van der Waals surface area contributed by atoms with E-state index in [1.165, 1.54) is 19.2 Å². The maximum absolute atomic E-state index is 13.6. The number of nitriles is 1. The Bertz CT molecular complexity index is 527. The van der Waals surface area contributed by atoms with Crippen LogP contribution in [0.3, 0.4) is 0 Å². The third-order valence-corrected chi connectivity index (χ3v) is 3.01. The number of methoxy groups -OCH3 is 1. The molecule has 1 fully saturated rings. The average molecular weight is 264 g/mol. The first-order chi connectivity index (χ1) is 9.19. The highest BCUT2D eigenvalue weighted by atomic mass is 19.1. The molecule has 0 saturated carbocycles. The van der Waals surface area contributed by atoms with Gasteiger partial charge in [0.15, 0.2) is 6.04 Å². The molecule has 0 aliphatic carbocycles. The van der Waals surface area contributed by atoms with E-state index in [0.717, 1.165) is 0 Å². The molecule has 1 atom stereocenters. The minimum absolute atomic E-state index is 0.0710. The summed E-state index contributed by atoms with van der Waals surface area (Å²) in [6.07, 6.45) is 0. The number of nitrogens with zero attached hydrogens (tertiary/aromatic N) is 2. The van der Waals surface area contributed by atoms with Gasteiger partial charge in [-0.25, -0.2) is 9.18 Å². The van der Waals surface area contributed by atoms with Gasteiger partial charge in [-0.1, -0.05) is 6.07 Å². The number of rotatable bonds is 2. The van der Waals surface area contributed by atoms with Gasteiger partial charge >= 0.3 is 5.97 Å². The Hall–Kier alpha value is -2.13. The first-order valence-electron chi connectivity index (χ1n) is 5.80. The lowest BCUT2D eigenvalue weighted by atomic mass is 10.1. The van der Waals surface area contributed by atoms with Crippen molar-refractivity contribution in [2.45, 2.75) is 6.04 Å². The maximum Gasteiger partial charge on any atom is 0.330 e. The number of ether oxygens (including phenoxy) is 2. The molecule has 5 nitrogen and oxygen atoms in total. The van der Waals surface area contributed by atoms with Crippen LogP contribution >= 0.6 is 0 Å². The number of hydrogen-bond donors (Lipinski definition) is 0. The molecule has 1 heterocycles. The minimum atomic E-state index is -0.660. The number of morpholine rings is 1. The quantitative estimate of drug-likeness (QED) is 0.748. The van der Waals surface area contributed by atoms with E-state index < -0.39 is 17.8 Å². The molecule has 0 spiro atoms. The monoisotopic (exact) mass is 264 g/mol. The summed E-state index contributed by atoms with van der Waals surface area (Å²) in [5.74, 6) is -1.07. The fourth-order valence-corrected chi connectivity index (χ4v) is 2.09. The maximum atomic E-state index is 13.6. The predicted octanol–water partition coefficient (Wildman–Crippen LogP) is 1.08. The smallest absolute Gasteiger partial charge is 0.330 e. The van der Waals surface area contributed by atoms with Crippen LogP contribution in [0.15, 0.2) is 18.2 Å². The Morgan fingerprint density at radius 2 is 2.42 bits per heavy atom. The highest BCUT2D eigenvalue weighted by Gasteiger charge is 2.32. The topological polar surface area (TPSA) is 62.6 Å². The molecule has 0 amide bonds. The summed E-state index contributed by atoms with van der Waals surface area (Å²) in [6.45, 7) is 0.973. The van der Waals surface area contributed by atoms with Gasteiger partial charge in [0.1, 0.15) is 17.4 Å². The molecule has 0 aromatic heterocycles. The van der Waals surface area contributed by atoms with E-state index in [2.05, 4.69) is 0 Å². The van der Waals surface area contributed by atoms with Gasteiger partial charge in [-0.05, 0) is 12.1 Å². The summed E-state index contributed by atoms with van der Waals surface area (Å²) in [4.78, 5) is 13.4. The van der Waals surface area contributed by atoms with Crippen molar-refractivity contribution >= 4 is 11.7 Å². The van der Waals surface area contributed by atoms with Gasteiger partial charge < -0.3 is 14.4 Å². The lowest BCUT2D eigenvalue weighted by Crippen LogP contribution is -2.51. The fraction of sp³-hybridized carbons (Fsp3) is 0.385. The normalized spacial score (nSPS) is 18.8. The van der Waals surface area contributed by atoms with E-state index in [1.54, 1.807) is 11.0 Å². The predicted molar refractivity (Wildman–Crippen MR) is 65.1 cm³/mol. The van der Waals surface area contributed by atoms with Crippen molar-refractivity contribution < 1.29 is 18.7 Å². The van der Waals surface area contributed by atoms with Crippen LogP contribution in [0, 0.1) is 17.1 Å². The number of benzene rings is 1. The second-order valence-corrected chi connectivity index (χ2v) is 4.05. The van der Waals surface area contributed by atoms with Gasteiger partial charge in [-0.15, -0.1) is 0 Å². The first kappa shape index (κ1) is 13.3. The number of carbonyl (C=O) groups is 1. The van der Waals surface area contributed by atoms with Crippen LogP contribution in [0.5, 0.6) is 0 Å². The minimum Gasteiger partial charge on any atom is -0.467 e. The number of halogens is 1. The summed E-state index contributed by atoms with van der Waals surface area (Å²) in [6, 6.07) is 5.51. The van der Waals surface area contributed by atoms with E-state index >= 15 is 0 Å². The van der Waals surface area contributed by atoms with Crippen molar-refractivity contribution in [3.63, 3.8) is 0 Å². The molecular weight excluding hydrogens is 251 g/mol. The highest BCUT2D eigenvalue weighted by Crippen LogP contribution is 2.26. The van der Waals surface area contributed by atoms with Gasteiger partial charge in [0.05, 0.1) is 26.0 Å². The molecule has 0 N–H and O–H groups in total. The van der Waals surface area contributed by atoms with Crippen molar-refractivity contribution in [1.29, 1.82) is 5.26 Å². The molecule has 100 valence electrons. The molecule has 1 aromatic rings. The first-order valence-corrected chi connectivity index (χ1v) is 5.80. The van der Waals surface area contributed by atoms with E-state index in [9.17, 15) is 9.18 Å². The molecule has 0 bridgehead atoms. The van der Waals surface area contributed by atoms with Crippen LogP contribution in [0.25, 0.3) is 0 Å². The standard InChI is InChI=1S/C13H13FN2O3/c1-18-13(17)12-8-19-6-5-16(12)11-4-2-3-10(14)9(11)7-15/h2-4,12H,5-6,8H2,1H3. The summed E-state index contributed by atoms with van der Waals surface area (Å²) < 4.78 is 23.6. The molecule has 6 heteroatoms. The number of hydrogen-bond acceptors (Lipinski definition) is 5. The van der Waals surface area contributed by atoms with Gasteiger partial charge in [-0.3, -0.25) is 0 Å². The Balaban J connectivity index is 2.41.